The van der Waals surface area contributed by atoms with Gasteiger partial charge in [0, 0.05) is 17.8 Å². The summed E-state index contributed by atoms with van der Waals surface area (Å²) in [5.74, 6) is -2.76. The fourth-order valence-corrected chi connectivity index (χ4v) is 1.83. The van der Waals surface area contributed by atoms with Crippen LogP contribution in [0.3, 0.4) is 0 Å². The molecular weight excluding hydrogens is 367 g/mol. The lowest BCUT2D eigenvalue weighted by Crippen LogP contribution is -2.48. The van der Waals surface area contributed by atoms with E-state index in [1.54, 1.807) is 26.1 Å². The number of carbonyl (C=O) groups is 3. The minimum absolute atomic E-state index is 0.0877. The summed E-state index contributed by atoms with van der Waals surface area (Å²) in [5, 5.41) is 2.69. The zero-order valence-electron chi connectivity index (χ0n) is 15.4. The zero-order chi connectivity index (χ0) is 20.8. The van der Waals surface area contributed by atoms with E-state index in [4.69, 9.17) is 4.74 Å². The lowest BCUT2D eigenvalue weighted by molar-refractivity contribution is -0.167. The highest BCUT2D eigenvalue weighted by Crippen LogP contribution is 2.18. The molecule has 0 radical (unpaired) electrons. The Labute approximate surface area is 154 Å². The summed E-state index contributed by atoms with van der Waals surface area (Å²) in [4.78, 5) is 35.3. The quantitative estimate of drug-likeness (QED) is 0.772. The predicted molar refractivity (Wildman–Crippen MR) is 91.8 cm³/mol. The lowest BCUT2D eigenvalue weighted by atomic mass is 10.2. The molecule has 0 atom stereocenters. The van der Waals surface area contributed by atoms with Crippen molar-refractivity contribution < 1.29 is 32.3 Å². The van der Waals surface area contributed by atoms with Gasteiger partial charge in [0.25, 0.3) is 5.91 Å². The Hall–Kier alpha value is -2.78. The molecule has 1 aromatic rings. The number of ether oxygens (including phenoxy) is 1. The summed E-state index contributed by atoms with van der Waals surface area (Å²) >= 11 is 0. The lowest BCUT2D eigenvalue weighted by Gasteiger charge is -2.27. The summed E-state index contributed by atoms with van der Waals surface area (Å²) in [5.41, 5.74) is 1.62. The molecule has 0 aromatic heterocycles. The first-order valence-corrected chi connectivity index (χ1v) is 8.13. The van der Waals surface area contributed by atoms with Crippen LogP contribution in [0.15, 0.2) is 24.3 Å². The van der Waals surface area contributed by atoms with E-state index in [-0.39, 0.29) is 17.8 Å². The van der Waals surface area contributed by atoms with Gasteiger partial charge in [-0.3, -0.25) is 15.0 Å². The molecule has 0 saturated heterocycles. The maximum Gasteiger partial charge on any atom is 0.471 e. The van der Waals surface area contributed by atoms with Crippen molar-refractivity contribution in [2.24, 2.45) is 0 Å². The van der Waals surface area contributed by atoms with Crippen LogP contribution in [0, 0.1) is 0 Å². The Kier molecular flexibility index (Phi) is 7.21. The molecule has 3 amide bonds. The van der Waals surface area contributed by atoms with Gasteiger partial charge < -0.3 is 10.1 Å². The molecule has 0 unspecified atom stereocenters. The second kappa shape index (κ2) is 8.74. The molecule has 0 heterocycles. The minimum atomic E-state index is -5.01. The second-order valence-corrected chi connectivity index (χ2v) is 6.60. The third-order valence-corrected chi connectivity index (χ3v) is 2.96. The van der Waals surface area contributed by atoms with Gasteiger partial charge in [-0.2, -0.15) is 13.2 Å². The van der Waals surface area contributed by atoms with Crippen molar-refractivity contribution in [2.75, 3.05) is 11.9 Å². The number of anilines is 1. The van der Waals surface area contributed by atoms with Crippen molar-refractivity contribution in [3.05, 3.63) is 29.8 Å². The van der Waals surface area contributed by atoms with Crippen molar-refractivity contribution in [1.29, 1.82) is 0 Å². The number of nitrogens with zero attached hydrogens (tertiary/aromatic N) is 1. The number of benzene rings is 1. The van der Waals surface area contributed by atoms with E-state index in [1.807, 2.05) is 6.92 Å². The van der Waals surface area contributed by atoms with Gasteiger partial charge in [0.1, 0.15) is 5.60 Å². The number of hydrogen-bond donors (Lipinski definition) is 2. The highest BCUT2D eigenvalue weighted by Gasteiger charge is 2.38. The number of nitrogens with one attached hydrogen (secondary N) is 2. The molecule has 0 bridgehead atoms. The van der Waals surface area contributed by atoms with Gasteiger partial charge in [-0.25, -0.2) is 9.80 Å². The third kappa shape index (κ3) is 7.55. The van der Waals surface area contributed by atoms with Crippen LogP contribution in [0.4, 0.5) is 23.7 Å². The van der Waals surface area contributed by atoms with Gasteiger partial charge in [0.15, 0.2) is 0 Å². The number of alkyl halides is 3. The van der Waals surface area contributed by atoms with E-state index in [1.165, 1.54) is 12.1 Å². The summed E-state index contributed by atoms with van der Waals surface area (Å²) in [6.45, 7) is 7.07. The molecular formula is C17H22F3N3O4. The summed E-state index contributed by atoms with van der Waals surface area (Å²) < 4.78 is 41.9. The van der Waals surface area contributed by atoms with Crippen LogP contribution < -0.4 is 10.7 Å². The molecule has 0 aliphatic heterocycles. The zero-order valence-corrected chi connectivity index (χ0v) is 15.4. The molecule has 7 nitrogen and oxygen atoms in total. The van der Waals surface area contributed by atoms with Gasteiger partial charge in [-0.05, 0) is 51.5 Å². The second-order valence-electron chi connectivity index (χ2n) is 6.60. The van der Waals surface area contributed by atoms with Crippen molar-refractivity contribution in [2.45, 2.75) is 45.9 Å². The summed E-state index contributed by atoms with van der Waals surface area (Å²) in [6, 6.07) is 4.74. The fourth-order valence-electron chi connectivity index (χ4n) is 1.83. The van der Waals surface area contributed by atoms with Crippen molar-refractivity contribution in [3.8, 4) is 0 Å². The molecule has 150 valence electrons. The molecule has 0 aliphatic carbocycles. The van der Waals surface area contributed by atoms with Gasteiger partial charge in [-0.1, -0.05) is 6.92 Å². The van der Waals surface area contributed by atoms with Crippen LogP contribution in [0.25, 0.3) is 0 Å². The number of hydrazine groups is 1. The number of amides is 3. The van der Waals surface area contributed by atoms with Crippen LogP contribution in [-0.2, 0) is 9.53 Å². The van der Waals surface area contributed by atoms with Gasteiger partial charge in [0.2, 0.25) is 0 Å². The maximum absolute atomic E-state index is 12.3. The van der Waals surface area contributed by atoms with E-state index in [0.29, 0.717) is 6.42 Å². The first-order chi connectivity index (χ1) is 12.3. The van der Waals surface area contributed by atoms with Crippen molar-refractivity contribution in [3.63, 3.8) is 0 Å². The van der Waals surface area contributed by atoms with Gasteiger partial charge in [0.05, 0.1) is 0 Å². The monoisotopic (exact) mass is 389 g/mol. The first kappa shape index (κ1) is 22.3. The average molecular weight is 389 g/mol. The predicted octanol–water partition coefficient (Wildman–Crippen LogP) is 3.48. The van der Waals surface area contributed by atoms with Crippen LogP contribution in [-0.4, -0.2) is 41.2 Å². The molecule has 27 heavy (non-hydrogen) atoms. The first-order valence-electron chi connectivity index (χ1n) is 8.13. The molecule has 0 aliphatic rings. The fraction of sp³-hybridized carbons (Fsp3) is 0.471. The Bertz CT molecular complexity index is 682. The van der Waals surface area contributed by atoms with E-state index in [0.717, 1.165) is 17.1 Å². The Morgan fingerprint density at radius 1 is 1.07 bits per heavy atom. The highest BCUT2D eigenvalue weighted by atomic mass is 19.4. The number of carbonyl (C=O) groups excluding carboxylic acids is 3. The number of hydrogen-bond acceptors (Lipinski definition) is 4. The largest absolute Gasteiger partial charge is 0.471 e. The molecule has 1 aromatic carbocycles. The minimum Gasteiger partial charge on any atom is -0.442 e. The van der Waals surface area contributed by atoms with Crippen LogP contribution >= 0.6 is 0 Å². The van der Waals surface area contributed by atoms with E-state index in [9.17, 15) is 27.6 Å². The molecule has 1 rings (SSSR count). The molecule has 2 N–H and O–H groups in total. The Morgan fingerprint density at radius 3 is 2.07 bits per heavy atom. The normalized spacial score (nSPS) is 11.5. The number of rotatable bonds is 4. The summed E-state index contributed by atoms with van der Waals surface area (Å²) in [7, 11) is 0. The average Bonchev–Trinajstić information content (AvgIpc) is 2.52. The van der Waals surface area contributed by atoms with Crippen LogP contribution in [0.2, 0.25) is 0 Å². The standard InChI is InChI=1S/C17H22F3N3O4/c1-5-10-23(15(26)27-16(2,3)4)22-13(24)11-6-8-12(9-7-11)21-14(25)17(18,19)20/h6-9H,5,10H2,1-4H3,(H,21,25)(H,22,24). The van der Waals surface area contributed by atoms with Crippen LogP contribution in [0.1, 0.15) is 44.5 Å². The van der Waals surface area contributed by atoms with Crippen molar-refractivity contribution >= 4 is 23.6 Å². The SMILES string of the molecule is CCCN(NC(=O)c1ccc(NC(=O)C(F)(F)F)cc1)C(=O)OC(C)(C)C. The molecule has 0 spiro atoms. The van der Waals surface area contributed by atoms with E-state index >= 15 is 0 Å². The third-order valence-electron chi connectivity index (χ3n) is 2.96. The molecule has 10 heteroatoms. The molecule has 0 saturated carbocycles. The van der Waals surface area contributed by atoms with Gasteiger partial charge >= 0.3 is 18.2 Å². The van der Waals surface area contributed by atoms with Gasteiger partial charge in [-0.15, -0.1) is 0 Å². The smallest absolute Gasteiger partial charge is 0.442 e. The van der Waals surface area contributed by atoms with Crippen molar-refractivity contribution in [1.82, 2.24) is 10.4 Å². The van der Waals surface area contributed by atoms with E-state index < -0.39 is 29.7 Å². The maximum atomic E-state index is 12.3. The summed E-state index contributed by atoms with van der Waals surface area (Å²) in [6.07, 6.45) is -5.18. The Morgan fingerprint density at radius 2 is 1.63 bits per heavy atom. The number of halogens is 3. The highest BCUT2D eigenvalue weighted by molar-refractivity contribution is 5.97. The molecule has 0 fully saturated rings. The van der Waals surface area contributed by atoms with E-state index in [2.05, 4.69) is 5.43 Å². The Balaban J connectivity index is 2.79. The van der Waals surface area contributed by atoms with Crippen LogP contribution in [0.5, 0.6) is 0 Å². The topological polar surface area (TPSA) is 87.7 Å².